The van der Waals surface area contributed by atoms with Crippen LogP contribution in [0.2, 0.25) is 0 Å². The fourth-order valence-corrected chi connectivity index (χ4v) is 0.662. The van der Waals surface area contributed by atoms with Crippen LogP contribution in [0.1, 0.15) is 20.8 Å². The summed E-state index contributed by atoms with van der Waals surface area (Å²) < 4.78 is 10.4. The van der Waals surface area contributed by atoms with Crippen LogP contribution in [0.3, 0.4) is 0 Å². The quantitative estimate of drug-likeness (QED) is 0.357. The largest absolute Gasteiger partial charge is 0.490 e. The number of nitrogens with zero attached hydrogens (tertiary/aromatic N) is 1. The van der Waals surface area contributed by atoms with Crippen LogP contribution in [0.15, 0.2) is 29.1 Å². The van der Waals surface area contributed by atoms with Gasteiger partial charge in [-0.2, -0.15) is 0 Å². The molecule has 0 fully saturated rings. The van der Waals surface area contributed by atoms with Crippen molar-refractivity contribution in [3.8, 4) is 0 Å². The molecule has 0 saturated heterocycles. The summed E-state index contributed by atoms with van der Waals surface area (Å²) in [5.74, 6) is 0.561. The molecule has 0 aliphatic heterocycles. The topological polar surface area (TPSA) is 30.8 Å². The first-order valence-corrected chi connectivity index (χ1v) is 4.77. The number of aliphatic imine (C=N–C) groups is 1. The first-order valence-electron chi connectivity index (χ1n) is 4.77. The van der Waals surface area contributed by atoms with Gasteiger partial charge in [0, 0.05) is 12.3 Å². The van der Waals surface area contributed by atoms with Crippen LogP contribution in [0.4, 0.5) is 0 Å². The van der Waals surface area contributed by atoms with E-state index in [1.165, 1.54) is 0 Å². The zero-order valence-electron chi connectivity index (χ0n) is 9.25. The Morgan fingerprint density at radius 2 is 2.14 bits per heavy atom. The summed E-state index contributed by atoms with van der Waals surface area (Å²) in [6.07, 6.45) is 3.53. The van der Waals surface area contributed by atoms with Gasteiger partial charge in [-0.3, -0.25) is 4.99 Å². The lowest BCUT2D eigenvalue weighted by atomic mass is 10.5. The predicted octanol–water partition coefficient (Wildman–Crippen LogP) is 2.55. The van der Waals surface area contributed by atoms with Crippen LogP contribution in [-0.2, 0) is 9.47 Å². The molecule has 0 radical (unpaired) electrons. The molecular weight excluding hydrogens is 178 g/mol. The molecule has 3 nitrogen and oxygen atoms in total. The van der Waals surface area contributed by atoms with Gasteiger partial charge in [0.05, 0.1) is 12.8 Å². The molecule has 0 aromatic rings. The SMILES string of the molecule is C=C(C=N/C(C)=C\C)OCCOCC. The lowest BCUT2D eigenvalue weighted by Gasteiger charge is -2.04. The van der Waals surface area contributed by atoms with Gasteiger partial charge in [0.15, 0.2) is 0 Å². The molecule has 0 aliphatic carbocycles. The van der Waals surface area contributed by atoms with E-state index in [1.807, 2.05) is 26.8 Å². The Morgan fingerprint density at radius 1 is 1.43 bits per heavy atom. The third-order valence-corrected chi connectivity index (χ3v) is 1.55. The third kappa shape index (κ3) is 7.55. The number of hydrogen-bond acceptors (Lipinski definition) is 3. The molecule has 80 valence electrons. The Hall–Kier alpha value is -1.09. The van der Waals surface area contributed by atoms with Gasteiger partial charge in [-0.15, -0.1) is 0 Å². The fraction of sp³-hybridized carbons (Fsp3) is 0.545. The Labute approximate surface area is 86.1 Å². The first kappa shape index (κ1) is 12.9. The van der Waals surface area contributed by atoms with Crippen molar-refractivity contribution >= 4 is 6.21 Å². The second-order valence-electron chi connectivity index (χ2n) is 2.70. The highest BCUT2D eigenvalue weighted by Gasteiger charge is 1.90. The summed E-state index contributed by atoms with van der Waals surface area (Å²) in [5, 5.41) is 0. The van der Waals surface area contributed by atoms with Crippen molar-refractivity contribution in [2.75, 3.05) is 19.8 Å². The lowest BCUT2D eigenvalue weighted by Crippen LogP contribution is -2.03. The van der Waals surface area contributed by atoms with Crippen molar-refractivity contribution in [3.63, 3.8) is 0 Å². The van der Waals surface area contributed by atoms with Crippen molar-refractivity contribution < 1.29 is 9.47 Å². The van der Waals surface area contributed by atoms with Crippen LogP contribution < -0.4 is 0 Å². The predicted molar refractivity (Wildman–Crippen MR) is 59.5 cm³/mol. The first-order chi connectivity index (χ1) is 6.70. The molecule has 3 heteroatoms. The van der Waals surface area contributed by atoms with Crippen molar-refractivity contribution in [2.24, 2.45) is 4.99 Å². The summed E-state index contributed by atoms with van der Waals surface area (Å²) >= 11 is 0. The van der Waals surface area contributed by atoms with E-state index in [0.717, 1.165) is 5.70 Å². The molecule has 0 unspecified atom stereocenters. The van der Waals surface area contributed by atoms with Crippen molar-refractivity contribution in [1.82, 2.24) is 0 Å². The fourth-order valence-electron chi connectivity index (χ4n) is 0.662. The van der Waals surface area contributed by atoms with Crippen molar-refractivity contribution in [1.29, 1.82) is 0 Å². The van der Waals surface area contributed by atoms with E-state index in [0.29, 0.717) is 25.6 Å². The maximum Gasteiger partial charge on any atom is 0.130 e. The number of ether oxygens (including phenoxy) is 2. The van der Waals surface area contributed by atoms with Crippen molar-refractivity contribution in [3.05, 3.63) is 24.1 Å². The van der Waals surface area contributed by atoms with E-state index in [-0.39, 0.29) is 0 Å². The van der Waals surface area contributed by atoms with Gasteiger partial charge in [-0.05, 0) is 20.8 Å². The number of hydrogen-bond donors (Lipinski definition) is 0. The summed E-state index contributed by atoms with van der Waals surface area (Å²) in [5.41, 5.74) is 0.944. The van der Waals surface area contributed by atoms with Crippen LogP contribution >= 0.6 is 0 Å². The molecule has 0 rings (SSSR count). The summed E-state index contributed by atoms with van der Waals surface area (Å²) in [6.45, 7) is 11.3. The minimum absolute atomic E-state index is 0.521. The van der Waals surface area contributed by atoms with E-state index in [4.69, 9.17) is 9.47 Å². The van der Waals surface area contributed by atoms with Gasteiger partial charge < -0.3 is 9.47 Å². The number of rotatable bonds is 7. The van der Waals surface area contributed by atoms with Crippen LogP contribution in [-0.4, -0.2) is 26.0 Å². The second kappa shape index (κ2) is 8.51. The zero-order chi connectivity index (χ0) is 10.8. The van der Waals surface area contributed by atoms with Gasteiger partial charge >= 0.3 is 0 Å². The molecule has 0 N–H and O–H groups in total. The normalized spacial score (nSPS) is 12.1. The minimum Gasteiger partial charge on any atom is -0.490 e. The number of allylic oxidation sites excluding steroid dienone is 3. The summed E-state index contributed by atoms with van der Waals surface area (Å²) in [7, 11) is 0. The highest BCUT2D eigenvalue weighted by atomic mass is 16.5. The smallest absolute Gasteiger partial charge is 0.130 e. The molecule has 0 atom stereocenters. The molecule has 14 heavy (non-hydrogen) atoms. The monoisotopic (exact) mass is 197 g/mol. The van der Waals surface area contributed by atoms with E-state index in [9.17, 15) is 0 Å². The molecule has 0 saturated carbocycles. The Bertz CT molecular complexity index is 219. The van der Waals surface area contributed by atoms with Crippen LogP contribution in [0, 0.1) is 0 Å². The van der Waals surface area contributed by atoms with Gasteiger partial charge in [-0.1, -0.05) is 12.7 Å². The van der Waals surface area contributed by atoms with Gasteiger partial charge in [-0.25, -0.2) is 0 Å². The average molecular weight is 197 g/mol. The minimum atomic E-state index is 0.521. The van der Waals surface area contributed by atoms with Gasteiger partial charge in [0.25, 0.3) is 0 Å². The van der Waals surface area contributed by atoms with Crippen molar-refractivity contribution in [2.45, 2.75) is 20.8 Å². The van der Waals surface area contributed by atoms with Crippen LogP contribution in [0.25, 0.3) is 0 Å². The molecule has 0 aromatic carbocycles. The van der Waals surface area contributed by atoms with E-state index in [1.54, 1.807) is 6.21 Å². The summed E-state index contributed by atoms with van der Waals surface area (Å²) in [4.78, 5) is 4.11. The molecule has 0 heterocycles. The zero-order valence-corrected chi connectivity index (χ0v) is 9.25. The molecule has 0 amide bonds. The maximum atomic E-state index is 5.24. The Balaban J connectivity index is 3.60. The van der Waals surface area contributed by atoms with E-state index >= 15 is 0 Å². The van der Waals surface area contributed by atoms with Gasteiger partial charge in [0.2, 0.25) is 0 Å². The molecule has 0 spiro atoms. The van der Waals surface area contributed by atoms with E-state index < -0.39 is 0 Å². The Kier molecular flexibility index (Phi) is 7.84. The average Bonchev–Trinajstić information content (AvgIpc) is 2.21. The highest BCUT2D eigenvalue weighted by Crippen LogP contribution is 1.95. The molecule has 0 aliphatic rings. The van der Waals surface area contributed by atoms with Crippen LogP contribution in [0.5, 0.6) is 0 Å². The molecule has 0 bridgehead atoms. The third-order valence-electron chi connectivity index (χ3n) is 1.55. The summed E-state index contributed by atoms with van der Waals surface area (Å²) in [6, 6.07) is 0. The van der Waals surface area contributed by atoms with E-state index in [2.05, 4.69) is 11.6 Å². The highest BCUT2D eigenvalue weighted by molar-refractivity contribution is 5.75. The Morgan fingerprint density at radius 3 is 2.71 bits per heavy atom. The second-order valence-corrected chi connectivity index (χ2v) is 2.70. The van der Waals surface area contributed by atoms with Gasteiger partial charge in [0.1, 0.15) is 12.4 Å². The maximum absolute atomic E-state index is 5.24. The molecule has 0 aromatic heterocycles. The lowest BCUT2D eigenvalue weighted by molar-refractivity contribution is 0.0891. The standard InChI is InChI=1S/C11H19NO2/c1-5-10(3)12-9-11(4)14-8-7-13-6-2/h5,9H,4,6-8H2,1-3H3/b10-5-,12-9?. The molecular formula is C11H19NO2.